The van der Waals surface area contributed by atoms with Crippen molar-refractivity contribution in [2.45, 2.75) is 70.1 Å². The highest BCUT2D eigenvalue weighted by atomic mass is 35.5. The molecule has 1 aliphatic heterocycles. The van der Waals surface area contributed by atoms with E-state index in [1.54, 1.807) is 17.8 Å². The summed E-state index contributed by atoms with van der Waals surface area (Å²) in [4.78, 5) is 11.5. The predicted octanol–water partition coefficient (Wildman–Crippen LogP) is 3.38. The van der Waals surface area contributed by atoms with Crippen LogP contribution >= 0.6 is 11.6 Å². The van der Waals surface area contributed by atoms with Crippen LogP contribution in [0.25, 0.3) is 0 Å². The maximum atomic E-state index is 11.5. The van der Waals surface area contributed by atoms with Gasteiger partial charge in [-0.25, -0.2) is 0 Å². The normalized spacial score (nSPS) is 29.4. The van der Waals surface area contributed by atoms with Gasteiger partial charge in [0.25, 0.3) is 0 Å². The zero-order chi connectivity index (χ0) is 16.4. The SMILES string of the molecule is CC(=O)N[C@H]1C[C@@H](c2nn(C)cc2Cl)O[C@@H](C2CCCCC2)C1. The molecule has 23 heavy (non-hydrogen) atoms. The highest BCUT2D eigenvalue weighted by Crippen LogP contribution is 2.39. The van der Waals surface area contributed by atoms with Crippen LogP contribution in [0.15, 0.2) is 6.20 Å². The van der Waals surface area contributed by atoms with E-state index in [0.29, 0.717) is 10.9 Å². The molecule has 1 aliphatic carbocycles. The number of carbonyl (C=O) groups is 1. The lowest BCUT2D eigenvalue weighted by Crippen LogP contribution is -2.45. The zero-order valence-corrected chi connectivity index (χ0v) is 14.7. The number of halogens is 1. The second-order valence-electron chi connectivity index (χ2n) is 6.97. The summed E-state index contributed by atoms with van der Waals surface area (Å²) >= 11 is 6.31. The van der Waals surface area contributed by atoms with E-state index in [9.17, 15) is 4.79 Å². The Kier molecular flexibility index (Phi) is 5.27. The van der Waals surface area contributed by atoms with Crippen LogP contribution in [0.4, 0.5) is 0 Å². The molecule has 0 radical (unpaired) electrons. The minimum Gasteiger partial charge on any atom is -0.368 e. The number of nitrogens with zero attached hydrogens (tertiary/aromatic N) is 2. The van der Waals surface area contributed by atoms with Crippen molar-refractivity contribution in [1.82, 2.24) is 15.1 Å². The average Bonchev–Trinajstić information content (AvgIpc) is 2.86. The third-order valence-corrected chi connectivity index (χ3v) is 5.34. The van der Waals surface area contributed by atoms with Crippen LogP contribution in [0.5, 0.6) is 0 Å². The smallest absolute Gasteiger partial charge is 0.217 e. The van der Waals surface area contributed by atoms with E-state index in [-0.39, 0.29) is 24.2 Å². The molecule has 0 spiro atoms. The van der Waals surface area contributed by atoms with E-state index in [2.05, 4.69) is 10.4 Å². The molecule has 1 N–H and O–H groups in total. The van der Waals surface area contributed by atoms with E-state index in [1.165, 1.54) is 32.1 Å². The van der Waals surface area contributed by atoms with Crippen molar-refractivity contribution in [3.8, 4) is 0 Å². The van der Waals surface area contributed by atoms with Crippen LogP contribution in [0.1, 0.15) is 63.7 Å². The second-order valence-corrected chi connectivity index (χ2v) is 7.37. The summed E-state index contributed by atoms with van der Waals surface area (Å²) in [5.41, 5.74) is 0.796. The monoisotopic (exact) mass is 339 g/mol. The summed E-state index contributed by atoms with van der Waals surface area (Å²) in [5.74, 6) is 0.607. The Labute approximate surface area is 142 Å². The van der Waals surface area contributed by atoms with Gasteiger partial charge in [0, 0.05) is 26.2 Å². The van der Waals surface area contributed by atoms with E-state index in [0.717, 1.165) is 18.5 Å². The van der Waals surface area contributed by atoms with Gasteiger partial charge in [-0.05, 0) is 31.6 Å². The topological polar surface area (TPSA) is 56.2 Å². The first kappa shape index (κ1) is 16.8. The van der Waals surface area contributed by atoms with Gasteiger partial charge in [-0.2, -0.15) is 5.10 Å². The van der Waals surface area contributed by atoms with Gasteiger partial charge >= 0.3 is 0 Å². The van der Waals surface area contributed by atoms with Gasteiger partial charge in [-0.3, -0.25) is 9.48 Å². The molecule has 6 heteroatoms. The summed E-state index contributed by atoms with van der Waals surface area (Å²) in [6.45, 7) is 1.58. The Morgan fingerprint density at radius 1 is 1.35 bits per heavy atom. The van der Waals surface area contributed by atoms with E-state index < -0.39 is 0 Å². The van der Waals surface area contributed by atoms with Gasteiger partial charge < -0.3 is 10.1 Å². The van der Waals surface area contributed by atoms with E-state index in [1.807, 2.05) is 7.05 Å². The molecule has 128 valence electrons. The number of hydrogen-bond acceptors (Lipinski definition) is 3. The fourth-order valence-electron chi connectivity index (χ4n) is 4.04. The fraction of sp³-hybridized carbons (Fsp3) is 0.765. The lowest BCUT2D eigenvalue weighted by Gasteiger charge is -2.40. The minimum atomic E-state index is -0.138. The van der Waals surface area contributed by atoms with Crippen molar-refractivity contribution in [1.29, 1.82) is 0 Å². The highest BCUT2D eigenvalue weighted by Gasteiger charge is 2.37. The Morgan fingerprint density at radius 2 is 2.09 bits per heavy atom. The lowest BCUT2D eigenvalue weighted by molar-refractivity contribution is -0.124. The third kappa shape index (κ3) is 4.07. The summed E-state index contributed by atoms with van der Waals surface area (Å²) in [6, 6.07) is 0.135. The maximum absolute atomic E-state index is 11.5. The summed E-state index contributed by atoms with van der Waals surface area (Å²) < 4.78 is 8.13. The van der Waals surface area contributed by atoms with Crippen LogP contribution in [0, 0.1) is 5.92 Å². The largest absolute Gasteiger partial charge is 0.368 e. The average molecular weight is 340 g/mol. The van der Waals surface area contributed by atoms with Crippen molar-refractivity contribution in [3.05, 3.63) is 16.9 Å². The Balaban J connectivity index is 1.78. The van der Waals surface area contributed by atoms with Gasteiger partial charge in [-0.1, -0.05) is 30.9 Å². The molecule has 0 unspecified atom stereocenters. The van der Waals surface area contributed by atoms with Crippen LogP contribution in [-0.2, 0) is 16.6 Å². The first-order valence-electron chi connectivity index (χ1n) is 8.64. The summed E-state index contributed by atoms with van der Waals surface area (Å²) in [7, 11) is 1.86. The van der Waals surface area contributed by atoms with Crippen molar-refractivity contribution >= 4 is 17.5 Å². The molecule has 1 saturated heterocycles. The van der Waals surface area contributed by atoms with Gasteiger partial charge in [0.05, 0.1) is 11.1 Å². The van der Waals surface area contributed by atoms with Gasteiger partial charge in [0.15, 0.2) is 0 Å². The van der Waals surface area contributed by atoms with Crippen LogP contribution < -0.4 is 5.32 Å². The minimum absolute atomic E-state index is 0.0187. The Bertz CT molecular complexity index is 554. The van der Waals surface area contributed by atoms with Crippen LogP contribution in [0.3, 0.4) is 0 Å². The fourth-order valence-corrected chi connectivity index (χ4v) is 4.34. The molecule has 2 heterocycles. The molecular weight excluding hydrogens is 314 g/mol. The first-order valence-corrected chi connectivity index (χ1v) is 9.02. The quantitative estimate of drug-likeness (QED) is 0.918. The molecule has 1 aromatic heterocycles. The standard InChI is InChI=1S/C17H26ClN3O2/c1-11(22)19-13-8-15(12-6-4-3-5-7-12)23-16(9-13)17-14(18)10-21(2)20-17/h10,12-13,15-16H,3-9H2,1-2H3,(H,19,22)/t13-,15-,16+/m1/s1. The molecule has 0 aromatic carbocycles. The second kappa shape index (κ2) is 7.22. The number of aryl methyl sites for hydroxylation is 1. The highest BCUT2D eigenvalue weighted by molar-refractivity contribution is 6.31. The molecular formula is C17H26ClN3O2. The molecule has 2 aliphatic rings. The number of carbonyl (C=O) groups excluding carboxylic acids is 1. The van der Waals surface area contributed by atoms with Crippen molar-refractivity contribution in [2.75, 3.05) is 0 Å². The first-order chi connectivity index (χ1) is 11.0. The molecule has 3 atom stereocenters. The molecule has 5 nitrogen and oxygen atoms in total. The van der Waals surface area contributed by atoms with Gasteiger partial charge in [0.1, 0.15) is 11.8 Å². The molecule has 3 rings (SSSR count). The van der Waals surface area contributed by atoms with Crippen molar-refractivity contribution < 1.29 is 9.53 Å². The van der Waals surface area contributed by atoms with E-state index >= 15 is 0 Å². The van der Waals surface area contributed by atoms with Crippen LogP contribution in [-0.4, -0.2) is 27.8 Å². The van der Waals surface area contributed by atoms with Crippen molar-refractivity contribution in [3.63, 3.8) is 0 Å². The Hall–Kier alpha value is -1.07. The third-order valence-electron chi connectivity index (χ3n) is 5.05. The van der Waals surface area contributed by atoms with Gasteiger partial charge in [-0.15, -0.1) is 0 Å². The molecule has 1 amide bonds. The summed E-state index contributed by atoms with van der Waals surface area (Å²) in [6.07, 6.45) is 9.82. The van der Waals surface area contributed by atoms with Crippen molar-refractivity contribution in [2.24, 2.45) is 13.0 Å². The number of rotatable bonds is 3. The molecule has 2 fully saturated rings. The lowest BCUT2D eigenvalue weighted by atomic mass is 9.81. The number of nitrogens with one attached hydrogen (secondary N) is 1. The van der Waals surface area contributed by atoms with Gasteiger partial charge in [0.2, 0.25) is 5.91 Å². The molecule has 0 bridgehead atoms. The molecule has 1 saturated carbocycles. The maximum Gasteiger partial charge on any atom is 0.217 e. The number of aromatic nitrogens is 2. The number of amides is 1. The molecule has 1 aromatic rings. The predicted molar refractivity (Wildman–Crippen MR) is 89.2 cm³/mol. The van der Waals surface area contributed by atoms with E-state index in [4.69, 9.17) is 16.3 Å². The Morgan fingerprint density at radius 3 is 2.70 bits per heavy atom. The number of hydrogen-bond donors (Lipinski definition) is 1. The summed E-state index contributed by atoms with van der Waals surface area (Å²) in [5, 5.41) is 8.20. The number of ether oxygens (including phenoxy) is 1. The zero-order valence-electron chi connectivity index (χ0n) is 13.9. The van der Waals surface area contributed by atoms with Crippen LogP contribution in [0.2, 0.25) is 5.02 Å².